The van der Waals surface area contributed by atoms with Crippen molar-refractivity contribution < 1.29 is 0 Å². The molecule has 17 heavy (non-hydrogen) atoms. The number of nitrogens with zero attached hydrogens (tertiary/aromatic N) is 3. The van der Waals surface area contributed by atoms with Crippen molar-refractivity contribution in [2.24, 2.45) is 0 Å². The summed E-state index contributed by atoms with van der Waals surface area (Å²) in [6.45, 7) is 1.96. The molecule has 0 amide bonds. The minimum Gasteiger partial charge on any atom is -0.349 e. The molecule has 5 heteroatoms. The Morgan fingerprint density at radius 2 is 1.94 bits per heavy atom. The van der Waals surface area contributed by atoms with Crippen LogP contribution in [0.4, 0.5) is 5.95 Å². The zero-order valence-electron chi connectivity index (χ0n) is 9.30. The second-order valence-electron chi connectivity index (χ2n) is 4.04. The lowest BCUT2D eigenvalue weighted by Gasteiger charge is -2.27. The van der Waals surface area contributed by atoms with Gasteiger partial charge in [-0.1, -0.05) is 6.07 Å². The lowest BCUT2D eigenvalue weighted by atomic mass is 10.1. The van der Waals surface area contributed by atoms with Crippen LogP contribution in [0.5, 0.6) is 0 Å². The molecule has 1 saturated heterocycles. The second kappa shape index (κ2) is 4.47. The molecule has 0 radical (unpaired) electrons. The summed E-state index contributed by atoms with van der Waals surface area (Å²) in [5.74, 6) is 0.684. The van der Waals surface area contributed by atoms with Crippen molar-refractivity contribution in [2.75, 3.05) is 18.4 Å². The standard InChI is InChI=1S/C12H13N5/c1-2-9(4-13-3-1)10-5-15-12(16-6-10)17-11-7-14-8-11/h1-6,11,14H,7-8H2,(H,15,16,17). The van der Waals surface area contributed by atoms with Gasteiger partial charge in [0.2, 0.25) is 5.95 Å². The van der Waals surface area contributed by atoms with Crippen LogP contribution in [0.25, 0.3) is 11.1 Å². The average molecular weight is 227 g/mol. The molecule has 1 aliphatic rings. The molecule has 0 bridgehead atoms. The van der Waals surface area contributed by atoms with Crippen molar-refractivity contribution in [2.45, 2.75) is 6.04 Å². The van der Waals surface area contributed by atoms with Gasteiger partial charge in [-0.05, 0) is 6.07 Å². The number of rotatable bonds is 3. The van der Waals surface area contributed by atoms with Gasteiger partial charge in [-0.3, -0.25) is 4.98 Å². The van der Waals surface area contributed by atoms with Crippen LogP contribution in [0.2, 0.25) is 0 Å². The molecular formula is C12H13N5. The first-order valence-electron chi connectivity index (χ1n) is 5.61. The van der Waals surface area contributed by atoms with Gasteiger partial charge in [0.25, 0.3) is 0 Å². The van der Waals surface area contributed by atoms with Gasteiger partial charge >= 0.3 is 0 Å². The van der Waals surface area contributed by atoms with Crippen LogP contribution in [0.3, 0.4) is 0 Å². The highest BCUT2D eigenvalue weighted by Gasteiger charge is 2.16. The minimum atomic E-state index is 0.458. The molecule has 1 fully saturated rings. The van der Waals surface area contributed by atoms with Crippen LogP contribution >= 0.6 is 0 Å². The van der Waals surface area contributed by atoms with E-state index >= 15 is 0 Å². The Kier molecular flexibility index (Phi) is 2.67. The van der Waals surface area contributed by atoms with Crippen molar-refractivity contribution in [1.29, 1.82) is 0 Å². The summed E-state index contributed by atoms with van der Waals surface area (Å²) in [5, 5.41) is 6.45. The molecule has 0 spiro atoms. The monoisotopic (exact) mass is 227 g/mol. The molecule has 0 aromatic carbocycles. The molecule has 0 saturated carbocycles. The zero-order chi connectivity index (χ0) is 11.5. The lowest BCUT2D eigenvalue weighted by Crippen LogP contribution is -2.51. The fourth-order valence-electron chi connectivity index (χ4n) is 1.66. The summed E-state index contributed by atoms with van der Waals surface area (Å²) in [6.07, 6.45) is 7.20. The van der Waals surface area contributed by atoms with E-state index in [0.717, 1.165) is 24.2 Å². The Bertz CT molecular complexity index is 478. The SMILES string of the molecule is c1cncc(-c2cnc(NC3CNC3)nc2)c1. The predicted molar refractivity (Wildman–Crippen MR) is 65.5 cm³/mol. The first kappa shape index (κ1) is 10.2. The minimum absolute atomic E-state index is 0.458. The largest absolute Gasteiger partial charge is 0.349 e. The molecule has 5 nitrogen and oxygen atoms in total. The third-order valence-corrected chi connectivity index (χ3v) is 2.76. The topological polar surface area (TPSA) is 62.7 Å². The van der Waals surface area contributed by atoms with E-state index in [4.69, 9.17) is 0 Å². The number of anilines is 1. The maximum atomic E-state index is 4.30. The zero-order valence-corrected chi connectivity index (χ0v) is 9.30. The third kappa shape index (κ3) is 2.24. The Labute approximate surface area is 99.3 Å². The molecule has 1 aliphatic heterocycles. The van der Waals surface area contributed by atoms with Crippen LogP contribution in [0.15, 0.2) is 36.9 Å². The van der Waals surface area contributed by atoms with Crippen molar-refractivity contribution in [3.63, 3.8) is 0 Å². The molecule has 86 valence electrons. The van der Waals surface area contributed by atoms with Gasteiger partial charge < -0.3 is 10.6 Å². The molecule has 0 unspecified atom stereocenters. The highest BCUT2D eigenvalue weighted by Crippen LogP contribution is 2.16. The Hall–Kier alpha value is -2.01. The van der Waals surface area contributed by atoms with E-state index in [1.54, 1.807) is 6.20 Å². The van der Waals surface area contributed by atoms with Crippen LogP contribution in [0, 0.1) is 0 Å². The summed E-state index contributed by atoms with van der Waals surface area (Å²) in [6, 6.07) is 4.36. The number of hydrogen-bond acceptors (Lipinski definition) is 5. The maximum absolute atomic E-state index is 4.30. The number of nitrogens with one attached hydrogen (secondary N) is 2. The van der Waals surface area contributed by atoms with Crippen LogP contribution < -0.4 is 10.6 Å². The molecular weight excluding hydrogens is 214 g/mol. The van der Waals surface area contributed by atoms with Gasteiger partial charge in [-0.2, -0.15) is 0 Å². The highest BCUT2D eigenvalue weighted by atomic mass is 15.2. The average Bonchev–Trinajstić information content (AvgIpc) is 2.36. The van der Waals surface area contributed by atoms with Crippen LogP contribution in [0.1, 0.15) is 0 Å². The Balaban J connectivity index is 1.75. The van der Waals surface area contributed by atoms with Gasteiger partial charge in [-0.25, -0.2) is 9.97 Å². The van der Waals surface area contributed by atoms with E-state index in [9.17, 15) is 0 Å². The summed E-state index contributed by atoms with van der Waals surface area (Å²) in [5.41, 5.74) is 2.01. The van der Waals surface area contributed by atoms with Gasteiger partial charge in [0.15, 0.2) is 0 Å². The van der Waals surface area contributed by atoms with Crippen molar-refractivity contribution in [3.05, 3.63) is 36.9 Å². The number of pyridine rings is 1. The summed E-state index contributed by atoms with van der Waals surface area (Å²) in [7, 11) is 0. The van der Waals surface area contributed by atoms with E-state index in [0.29, 0.717) is 12.0 Å². The molecule has 2 N–H and O–H groups in total. The van der Waals surface area contributed by atoms with Gasteiger partial charge in [0.1, 0.15) is 0 Å². The fraction of sp³-hybridized carbons (Fsp3) is 0.250. The first-order chi connectivity index (χ1) is 8.42. The van der Waals surface area contributed by atoms with Gasteiger partial charge in [0, 0.05) is 49.0 Å². The number of hydrogen-bond donors (Lipinski definition) is 2. The molecule has 3 heterocycles. The quantitative estimate of drug-likeness (QED) is 0.816. The van der Waals surface area contributed by atoms with E-state index in [2.05, 4.69) is 25.6 Å². The summed E-state index contributed by atoms with van der Waals surface area (Å²) in [4.78, 5) is 12.7. The van der Waals surface area contributed by atoms with E-state index < -0.39 is 0 Å². The molecule has 2 aromatic heterocycles. The second-order valence-corrected chi connectivity index (χ2v) is 4.04. The van der Waals surface area contributed by atoms with Crippen LogP contribution in [-0.2, 0) is 0 Å². The predicted octanol–water partition coefficient (Wildman–Crippen LogP) is 0.922. The van der Waals surface area contributed by atoms with Crippen molar-refractivity contribution >= 4 is 5.95 Å². The molecule has 0 atom stereocenters. The fourth-order valence-corrected chi connectivity index (χ4v) is 1.66. The smallest absolute Gasteiger partial charge is 0.222 e. The summed E-state index contributed by atoms with van der Waals surface area (Å²) >= 11 is 0. The van der Waals surface area contributed by atoms with Gasteiger partial charge in [0.05, 0.1) is 6.04 Å². The third-order valence-electron chi connectivity index (χ3n) is 2.76. The lowest BCUT2D eigenvalue weighted by molar-refractivity contribution is 0.470. The van der Waals surface area contributed by atoms with E-state index in [1.165, 1.54) is 0 Å². The van der Waals surface area contributed by atoms with E-state index in [-0.39, 0.29) is 0 Å². The first-order valence-corrected chi connectivity index (χ1v) is 5.61. The number of aromatic nitrogens is 3. The van der Waals surface area contributed by atoms with Crippen molar-refractivity contribution in [3.8, 4) is 11.1 Å². The molecule has 0 aliphatic carbocycles. The normalized spacial score (nSPS) is 15.3. The Morgan fingerprint density at radius 1 is 1.12 bits per heavy atom. The van der Waals surface area contributed by atoms with E-state index in [1.807, 2.05) is 30.7 Å². The molecule has 2 aromatic rings. The van der Waals surface area contributed by atoms with Crippen molar-refractivity contribution in [1.82, 2.24) is 20.3 Å². The highest BCUT2D eigenvalue weighted by molar-refractivity contribution is 5.60. The summed E-state index contributed by atoms with van der Waals surface area (Å²) < 4.78 is 0. The maximum Gasteiger partial charge on any atom is 0.222 e. The Morgan fingerprint density at radius 3 is 2.53 bits per heavy atom. The molecule has 3 rings (SSSR count). The van der Waals surface area contributed by atoms with Crippen LogP contribution in [-0.4, -0.2) is 34.1 Å². The van der Waals surface area contributed by atoms with Gasteiger partial charge in [-0.15, -0.1) is 0 Å².